The Morgan fingerprint density at radius 3 is 1.48 bits per heavy atom. The largest absolute Gasteiger partial charge is 0.391 e. The van der Waals surface area contributed by atoms with E-state index in [0.717, 1.165) is 19.5 Å². The average molecular weight is 388 g/mol. The van der Waals surface area contributed by atoms with E-state index in [2.05, 4.69) is 91.5 Å². The van der Waals surface area contributed by atoms with Gasteiger partial charge in [0.15, 0.2) is 0 Å². The van der Waals surface area contributed by atoms with Crippen molar-refractivity contribution < 1.29 is 5.11 Å². The molecule has 0 amide bonds. The van der Waals surface area contributed by atoms with Crippen molar-refractivity contribution >= 4 is 0 Å². The molecule has 0 saturated carbocycles. The van der Waals surface area contributed by atoms with Crippen molar-refractivity contribution in [1.29, 1.82) is 0 Å². The third-order valence-electron chi connectivity index (χ3n) is 5.37. The highest BCUT2D eigenvalue weighted by Crippen LogP contribution is 2.23. The third kappa shape index (κ3) is 6.85. The van der Waals surface area contributed by atoms with Crippen LogP contribution in [0.4, 0.5) is 0 Å². The van der Waals surface area contributed by atoms with Gasteiger partial charge in [-0.1, -0.05) is 105 Å². The first-order chi connectivity index (χ1) is 14.1. The van der Waals surface area contributed by atoms with Gasteiger partial charge in [-0.15, -0.1) is 0 Å². The minimum absolute atomic E-state index is 0.0932. The van der Waals surface area contributed by atoms with Gasteiger partial charge >= 0.3 is 0 Å². The maximum atomic E-state index is 11.3. The second kappa shape index (κ2) is 10.9. The van der Waals surface area contributed by atoms with Gasteiger partial charge in [0.1, 0.15) is 0 Å². The topological polar surface area (TPSA) is 23.5 Å². The molecule has 29 heavy (non-hydrogen) atoms. The standard InChI is InChI=1S/C27H33NO/c1-22(2)18-26(27(29)19-23-12-6-3-7-13-23)28(20-24-14-8-4-9-15-24)21-25-16-10-5-11-17-25/h3-17,22,26-27,29H,18-21H2,1-2H3/t26-,27-/m0/s1. The fourth-order valence-electron chi connectivity index (χ4n) is 3.95. The van der Waals surface area contributed by atoms with Crippen molar-refractivity contribution in [1.82, 2.24) is 4.90 Å². The predicted molar refractivity (Wildman–Crippen MR) is 122 cm³/mol. The monoisotopic (exact) mass is 387 g/mol. The Morgan fingerprint density at radius 2 is 1.07 bits per heavy atom. The van der Waals surface area contributed by atoms with Crippen LogP contribution in [0.1, 0.15) is 37.0 Å². The molecule has 0 aliphatic rings. The zero-order valence-corrected chi connectivity index (χ0v) is 17.6. The van der Waals surface area contributed by atoms with Crippen molar-refractivity contribution in [2.24, 2.45) is 5.92 Å². The molecule has 0 spiro atoms. The molecule has 1 N–H and O–H groups in total. The Bertz CT molecular complexity index is 775. The van der Waals surface area contributed by atoms with Crippen molar-refractivity contribution in [3.63, 3.8) is 0 Å². The van der Waals surface area contributed by atoms with Crippen molar-refractivity contribution in [2.45, 2.75) is 51.9 Å². The molecular weight excluding hydrogens is 354 g/mol. The van der Waals surface area contributed by atoms with Gasteiger partial charge in [0.2, 0.25) is 0 Å². The van der Waals surface area contributed by atoms with Gasteiger partial charge in [-0.05, 0) is 35.4 Å². The SMILES string of the molecule is CC(C)C[C@@H]([C@@H](O)Cc1ccccc1)N(Cc1ccccc1)Cc1ccccc1. The van der Waals surface area contributed by atoms with Gasteiger partial charge in [-0.25, -0.2) is 0 Å². The van der Waals surface area contributed by atoms with E-state index in [-0.39, 0.29) is 6.04 Å². The van der Waals surface area contributed by atoms with Gasteiger partial charge in [0.25, 0.3) is 0 Å². The molecule has 2 atom stereocenters. The summed E-state index contributed by atoms with van der Waals surface area (Å²) in [6.45, 7) is 6.15. The Kier molecular flexibility index (Phi) is 8.03. The van der Waals surface area contributed by atoms with Crippen LogP contribution < -0.4 is 0 Å². The molecule has 0 unspecified atom stereocenters. The van der Waals surface area contributed by atoms with Gasteiger partial charge in [0.05, 0.1) is 6.10 Å². The summed E-state index contributed by atoms with van der Waals surface area (Å²) in [5.41, 5.74) is 3.75. The molecule has 0 heterocycles. The smallest absolute Gasteiger partial charge is 0.0735 e. The lowest BCUT2D eigenvalue weighted by Gasteiger charge is -2.36. The number of aliphatic hydroxyl groups excluding tert-OH is 1. The highest BCUT2D eigenvalue weighted by molar-refractivity contribution is 5.19. The highest BCUT2D eigenvalue weighted by Gasteiger charge is 2.27. The van der Waals surface area contributed by atoms with Crippen LogP contribution in [0.25, 0.3) is 0 Å². The molecule has 0 aliphatic carbocycles. The van der Waals surface area contributed by atoms with Crippen LogP contribution in [0, 0.1) is 5.92 Å². The molecule has 152 valence electrons. The van der Waals surface area contributed by atoms with E-state index in [9.17, 15) is 5.11 Å². The van der Waals surface area contributed by atoms with Crippen LogP contribution >= 0.6 is 0 Å². The van der Waals surface area contributed by atoms with E-state index in [4.69, 9.17) is 0 Å². The number of rotatable bonds is 10. The van der Waals surface area contributed by atoms with Gasteiger partial charge in [-0.2, -0.15) is 0 Å². The number of aliphatic hydroxyl groups is 1. The lowest BCUT2D eigenvalue weighted by Crippen LogP contribution is -2.44. The molecular formula is C27H33NO. The van der Waals surface area contributed by atoms with Crippen molar-refractivity contribution in [3.05, 3.63) is 108 Å². The van der Waals surface area contributed by atoms with Gasteiger partial charge in [0, 0.05) is 19.1 Å². The Hall–Kier alpha value is -2.42. The molecule has 0 radical (unpaired) electrons. The first kappa shape index (κ1) is 21.3. The van der Waals surface area contributed by atoms with Gasteiger partial charge < -0.3 is 5.11 Å². The highest BCUT2D eigenvalue weighted by atomic mass is 16.3. The maximum absolute atomic E-state index is 11.3. The number of nitrogens with zero attached hydrogens (tertiary/aromatic N) is 1. The lowest BCUT2D eigenvalue weighted by atomic mass is 9.92. The van der Waals surface area contributed by atoms with E-state index in [0.29, 0.717) is 12.3 Å². The molecule has 0 aliphatic heterocycles. The molecule has 3 rings (SSSR count). The first-order valence-corrected chi connectivity index (χ1v) is 10.7. The summed E-state index contributed by atoms with van der Waals surface area (Å²) >= 11 is 0. The summed E-state index contributed by atoms with van der Waals surface area (Å²) < 4.78 is 0. The maximum Gasteiger partial charge on any atom is 0.0735 e. The van der Waals surface area contributed by atoms with E-state index >= 15 is 0 Å². The van der Waals surface area contributed by atoms with Crippen LogP contribution in [0.2, 0.25) is 0 Å². The van der Waals surface area contributed by atoms with E-state index in [1.165, 1.54) is 16.7 Å². The third-order valence-corrected chi connectivity index (χ3v) is 5.37. The second-order valence-electron chi connectivity index (χ2n) is 8.33. The van der Waals surface area contributed by atoms with Crippen LogP contribution in [0.3, 0.4) is 0 Å². The molecule has 2 heteroatoms. The number of benzene rings is 3. The van der Waals surface area contributed by atoms with Crippen molar-refractivity contribution in [2.75, 3.05) is 0 Å². The van der Waals surface area contributed by atoms with Crippen LogP contribution in [0.15, 0.2) is 91.0 Å². The first-order valence-electron chi connectivity index (χ1n) is 10.7. The summed E-state index contributed by atoms with van der Waals surface area (Å²) in [6, 6.07) is 31.6. The van der Waals surface area contributed by atoms with Crippen LogP contribution in [-0.2, 0) is 19.5 Å². The van der Waals surface area contributed by atoms with Gasteiger partial charge in [-0.3, -0.25) is 4.90 Å². The zero-order chi connectivity index (χ0) is 20.5. The van der Waals surface area contributed by atoms with E-state index in [1.54, 1.807) is 0 Å². The molecule has 0 fully saturated rings. The van der Waals surface area contributed by atoms with Crippen molar-refractivity contribution in [3.8, 4) is 0 Å². The van der Waals surface area contributed by atoms with Crippen LogP contribution in [-0.4, -0.2) is 22.2 Å². The summed E-state index contributed by atoms with van der Waals surface area (Å²) in [4.78, 5) is 2.46. The quantitative estimate of drug-likeness (QED) is 0.482. The zero-order valence-electron chi connectivity index (χ0n) is 17.6. The Balaban J connectivity index is 1.85. The lowest BCUT2D eigenvalue weighted by molar-refractivity contribution is 0.0281. The van der Waals surface area contributed by atoms with Crippen LogP contribution in [0.5, 0.6) is 0 Å². The Morgan fingerprint density at radius 1 is 0.655 bits per heavy atom. The minimum atomic E-state index is -0.410. The number of hydrogen-bond donors (Lipinski definition) is 1. The Labute approximate surface area is 175 Å². The fraction of sp³-hybridized carbons (Fsp3) is 0.333. The van der Waals surface area contributed by atoms with E-state index < -0.39 is 6.10 Å². The fourth-order valence-corrected chi connectivity index (χ4v) is 3.95. The molecule has 3 aromatic carbocycles. The summed E-state index contributed by atoms with van der Waals surface area (Å²) in [5.74, 6) is 0.513. The average Bonchev–Trinajstić information content (AvgIpc) is 2.73. The number of hydrogen-bond acceptors (Lipinski definition) is 2. The summed E-state index contributed by atoms with van der Waals surface area (Å²) in [7, 11) is 0. The summed E-state index contributed by atoms with van der Waals surface area (Å²) in [5, 5.41) is 11.3. The molecule has 0 saturated heterocycles. The molecule has 0 aromatic heterocycles. The molecule has 2 nitrogen and oxygen atoms in total. The predicted octanol–water partition coefficient (Wildman–Crippen LogP) is 5.71. The summed E-state index contributed by atoms with van der Waals surface area (Å²) in [6.07, 6.45) is 1.23. The minimum Gasteiger partial charge on any atom is -0.391 e. The van der Waals surface area contributed by atoms with E-state index in [1.807, 2.05) is 18.2 Å². The molecule has 0 bridgehead atoms. The molecule has 3 aromatic rings. The second-order valence-corrected chi connectivity index (χ2v) is 8.33. The normalized spacial score (nSPS) is 13.6.